The Labute approximate surface area is 72.8 Å². The van der Waals surface area contributed by atoms with Gasteiger partial charge in [-0.25, -0.2) is 0 Å². The van der Waals surface area contributed by atoms with E-state index < -0.39 is 5.60 Å². The summed E-state index contributed by atoms with van der Waals surface area (Å²) in [5, 5.41) is 18.7. The molecule has 0 aromatic heterocycles. The predicted octanol–water partition coefficient (Wildman–Crippen LogP) is 1.64. The Kier molecular flexibility index (Phi) is 2.35. The number of hydrogen-bond donors (Lipinski definition) is 1. The van der Waals surface area contributed by atoms with E-state index in [9.17, 15) is 5.11 Å². The lowest BCUT2D eigenvalue weighted by Crippen LogP contribution is -2.40. The number of aliphatic hydroxyl groups is 1. The average Bonchev–Trinajstić information content (AvgIpc) is 2.09. The predicted molar refractivity (Wildman–Crippen MR) is 47.2 cm³/mol. The Balaban J connectivity index is 2.92. The maximum absolute atomic E-state index is 10.0. The van der Waals surface area contributed by atoms with E-state index in [1.165, 1.54) is 0 Å². The zero-order valence-corrected chi connectivity index (χ0v) is 7.36. The van der Waals surface area contributed by atoms with E-state index in [1.54, 1.807) is 19.1 Å². The second-order valence-electron chi connectivity index (χ2n) is 3.27. The molecule has 0 fully saturated rings. The van der Waals surface area contributed by atoms with Crippen LogP contribution in [0.5, 0.6) is 0 Å². The van der Waals surface area contributed by atoms with Gasteiger partial charge in [0.05, 0.1) is 12.0 Å². The molecule has 1 rings (SSSR count). The minimum Gasteiger partial charge on any atom is -0.384 e. The van der Waals surface area contributed by atoms with Crippen molar-refractivity contribution in [2.45, 2.75) is 19.4 Å². The number of hydrogen-bond acceptors (Lipinski definition) is 2. The van der Waals surface area contributed by atoms with E-state index >= 15 is 0 Å². The molecule has 0 aliphatic heterocycles. The van der Waals surface area contributed by atoms with Crippen molar-refractivity contribution >= 4 is 0 Å². The Morgan fingerprint density at radius 3 is 2.75 bits per heavy atom. The molecule has 1 aliphatic carbocycles. The Hall–Kier alpha value is -1.07. The molecule has 0 heterocycles. The third-order valence-electron chi connectivity index (χ3n) is 2.49. The molecule has 0 spiro atoms. The largest absolute Gasteiger partial charge is 0.384 e. The summed E-state index contributed by atoms with van der Waals surface area (Å²) >= 11 is 0. The molecule has 12 heavy (non-hydrogen) atoms. The molecule has 0 aromatic rings. The molecule has 3 atom stereocenters. The number of allylic oxidation sites excluding steroid dienone is 2. The van der Waals surface area contributed by atoms with Gasteiger partial charge in [0.2, 0.25) is 0 Å². The minimum atomic E-state index is -0.983. The molecule has 2 nitrogen and oxygen atoms in total. The SMILES string of the molecule is CC(C#N)C1(O)C=CC=CC1C. The summed E-state index contributed by atoms with van der Waals surface area (Å²) in [6.07, 6.45) is 7.29. The fourth-order valence-electron chi connectivity index (χ4n) is 1.39. The molecule has 1 aliphatic rings. The minimum absolute atomic E-state index is 0.0112. The summed E-state index contributed by atoms with van der Waals surface area (Å²) in [4.78, 5) is 0. The fourth-order valence-corrected chi connectivity index (χ4v) is 1.39. The molecule has 0 amide bonds. The normalized spacial score (nSPS) is 36.0. The van der Waals surface area contributed by atoms with Crippen LogP contribution in [0, 0.1) is 23.2 Å². The first kappa shape index (κ1) is 9.02. The van der Waals surface area contributed by atoms with Crippen LogP contribution in [0.3, 0.4) is 0 Å². The zero-order valence-electron chi connectivity index (χ0n) is 7.36. The van der Waals surface area contributed by atoms with Crippen LogP contribution in [-0.4, -0.2) is 10.7 Å². The van der Waals surface area contributed by atoms with Gasteiger partial charge in [-0.05, 0) is 6.92 Å². The van der Waals surface area contributed by atoms with Crippen molar-refractivity contribution in [1.82, 2.24) is 0 Å². The molecule has 0 bridgehead atoms. The maximum atomic E-state index is 10.0. The van der Waals surface area contributed by atoms with E-state index in [4.69, 9.17) is 5.26 Å². The average molecular weight is 163 g/mol. The van der Waals surface area contributed by atoms with Gasteiger partial charge < -0.3 is 5.11 Å². The third kappa shape index (κ3) is 1.28. The first-order chi connectivity index (χ1) is 5.61. The molecule has 64 valence electrons. The van der Waals surface area contributed by atoms with E-state index in [1.807, 2.05) is 19.1 Å². The van der Waals surface area contributed by atoms with E-state index in [-0.39, 0.29) is 11.8 Å². The van der Waals surface area contributed by atoms with Gasteiger partial charge in [0, 0.05) is 5.92 Å². The topological polar surface area (TPSA) is 44.0 Å². The molecule has 0 saturated heterocycles. The Bertz CT molecular complexity index is 262. The third-order valence-corrected chi connectivity index (χ3v) is 2.49. The zero-order chi connectivity index (χ0) is 9.19. The first-order valence-corrected chi connectivity index (χ1v) is 4.09. The highest BCUT2D eigenvalue weighted by Crippen LogP contribution is 2.30. The van der Waals surface area contributed by atoms with Crippen molar-refractivity contribution in [2.24, 2.45) is 11.8 Å². The van der Waals surface area contributed by atoms with Crippen LogP contribution in [0.4, 0.5) is 0 Å². The molecular weight excluding hydrogens is 150 g/mol. The summed E-state index contributed by atoms with van der Waals surface area (Å²) in [6, 6.07) is 2.07. The fraction of sp³-hybridized carbons (Fsp3) is 0.500. The van der Waals surface area contributed by atoms with Crippen LogP contribution in [0.15, 0.2) is 24.3 Å². The van der Waals surface area contributed by atoms with Crippen molar-refractivity contribution < 1.29 is 5.11 Å². The second kappa shape index (κ2) is 3.12. The number of nitriles is 1. The highest BCUT2D eigenvalue weighted by Gasteiger charge is 2.36. The monoisotopic (exact) mass is 163 g/mol. The second-order valence-corrected chi connectivity index (χ2v) is 3.27. The van der Waals surface area contributed by atoms with E-state index in [0.717, 1.165) is 0 Å². The van der Waals surface area contributed by atoms with Gasteiger partial charge in [0.15, 0.2) is 0 Å². The molecular formula is C10H13NO. The summed E-state index contributed by atoms with van der Waals surface area (Å²) in [5.41, 5.74) is -0.983. The number of nitrogens with zero attached hydrogens (tertiary/aromatic N) is 1. The smallest absolute Gasteiger partial charge is 0.104 e. The first-order valence-electron chi connectivity index (χ1n) is 4.09. The van der Waals surface area contributed by atoms with Crippen molar-refractivity contribution in [1.29, 1.82) is 5.26 Å². The van der Waals surface area contributed by atoms with Gasteiger partial charge >= 0.3 is 0 Å². The summed E-state index contributed by atoms with van der Waals surface area (Å²) in [6.45, 7) is 3.65. The summed E-state index contributed by atoms with van der Waals surface area (Å²) < 4.78 is 0. The molecule has 0 radical (unpaired) electrons. The van der Waals surface area contributed by atoms with Crippen LogP contribution >= 0.6 is 0 Å². The van der Waals surface area contributed by atoms with Gasteiger partial charge in [-0.2, -0.15) is 5.26 Å². The maximum Gasteiger partial charge on any atom is 0.104 e. The molecule has 0 saturated carbocycles. The van der Waals surface area contributed by atoms with Crippen molar-refractivity contribution in [3.63, 3.8) is 0 Å². The van der Waals surface area contributed by atoms with Gasteiger partial charge in [0.25, 0.3) is 0 Å². The lowest BCUT2D eigenvalue weighted by atomic mass is 9.77. The van der Waals surface area contributed by atoms with Crippen molar-refractivity contribution in [2.75, 3.05) is 0 Å². The highest BCUT2D eigenvalue weighted by atomic mass is 16.3. The Morgan fingerprint density at radius 1 is 1.58 bits per heavy atom. The lowest BCUT2D eigenvalue weighted by Gasteiger charge is -2.33. The molecule has 1 N–H and O–H groups in total. The van der Waals surface area contributed by atoms with E-state index in [0.29, 0.717) is 0 Å². The lowest BCUT2D eigenvalue weighted by molar-refractivity contribution is 0.0218. The Morgan fingerprint density at radius 2 is 2.25 bits per heavy atom. The molecule has 2 heteroatoms. The van der Waals surface area contributed by atoms with Crippen molar-refractivity contribution in [3.05, 3.63) is 24.3 Å². The van der Waals surface area contributed by atoms with Crippen LogP contribution < -0.4 is 0 Å². The standard InChI is InChI=1S/C10H13NO/c1-8-5-3-4-6-10(8,12)9(2)7-11/h3-6,8-9,12H,1-2H3. The highest BCUT2D eigenvalue weighted by molar-refractivity contribution is 5.24. The van der Waals surface area contributed by atoms with Crippen LogP contribution in [-0.2, 0) is 0 Å². The van der Waals surface area contributed by atoms with Crippen molar-refractivity contribution in [3.8, 4) is 6.07 Å². The van der Waals surface area contributed by atoms with Gasteiger partial charge in [-0.1, -0.05) is 31.2 Å². The van der Waals surface area contributed by atoms with Crippen LogP contribution in [0.1, 0.15) is 13.8 Å². The van der Waals surface area contributed by atoms with Crippen LogP contribution in [0.25, 0.3) is 0 Å². The van der Waals surface area contributed by atoms with E-state index in [2.05, 4.69) is 6.07 Å². The summed E-state index contributed by atoms with van der Waals surface area (Å²) in [7, 11) is 0. The molecule has 0 aromatic carbocycles. The quantitative estimate of drug-likeness (QED) is 0.638. The van der Waals surface area contributed by atoms with Gasteiger partial charge in [0.1, 0.15) is 5.60 Å². The van der Waals surface area contributed by atoms with Crippen LogP contribution in [0.2, 0.25) is 0 Å². The summed E-state index contributed by atoms with van der Waals surface area (Å²) in [5.74, 6) is -0.356. The molecule has 3 unspecified atom stereocenters. The van der Waals surface area contributed by atoms with Gasteiger partial charge in [-0.15, -0.1) is 0 Å². The number of rotatable bonds is 1. The van der Waals surface area contributed by atoms with Gasteiger partial charge in [-0.3, -0.25) is 0 Å².